The number of amides is 3. The van der Waals surface area contributed by atoms with E-state index in [-0.39, 0.29) is 30.8 Å². The van der Waals surface area contributed by atoms with Gasteiger partial charge in [-0.1, -0.05) is 66.2 Å². The summed E-state index contributed by atoms with van der Waals surface area (Å²) < 4.78 is 0. The van der Waals surface area contributed by atoms with Crippen molar-refractivity contribution in [2.45, 2.75) is 12.3 Å². The van der Waals surface area contributed by atoms with E-state index in [9.17, 15) is 9.59 Å². The zero-order valence-electron chi connectivity index (χ0n) is 18.0. The van der Waals surface area contributed by atoms with Crippen LogP contribution in [0.3, 0.4) is 0 Å². The molecule has 6 nitrogen and oxygen atoms in total. The number of urea groups is 1. The number of anilines is 1. The first-order valence-electron chi connectivity index (χ1n) is 10.8. The molecule has 1 aromatic heterocycles. The highest BCUT2D eigenvalue weighted by Crippen LogP contribution is 2.34. The first-order chi connectivity index (χ1) is 16.1. The summed E-state index contributed by atoms with van der Waals surface area (Å²) in [6.45, 7) is 0.620. The highest BCUT2D eigenvalue weighted by molar-refractivity contribution is 6.31. The molecule has 0 saturated heterocycles. The van der Waals surface area contributed by atoms with Gasteiger partial charge in [-0.2, -0.15) is 0 Å². The van der Waals surface area contributed by atoms with Crippen LogP contribution in [-0.2, 0) is 4.79 Å². The summed E-state index contributed by atoms with van der Waals surface area (Å²) in [5.74, 6) is -0.264. The maximum atomic E-state index is 12.5. The lowest BCUT2D eigenvalue weighted by Gasteiger charge is -2.19. The number of H-pyrrole nitrogens is 1. The number of rotatable bonds is 8. The van der Waals surface area contributed by atoms with Crippen LogP contribution in [0.15, 0.2) is 85.1 Å². The predicted octanol–water partition coefficient (Wildman–Crippen LogP) is 5.28. The van der Waals surface area contributed by atoms with Gasteiger partial charge in [0.15, 0.2) is 0 Å². The van der Waals surface area contributed by atoms with Crippen LogP contribution in [0, 0.1) is 0 Å². The van der Waals surface area contributed by atoms with Gasteiger partial charge in [0.05, 0.1) is 0 Å². The second-order valence-corrected chi connectivity index (χ2v) is 8.07. The summed E-state index contributed by atoms with van der Waals surface area (Å²) in [7, 11) is 0. The quantitative estimate of drug-likeness (QED) is 0.288. The molecule has 0 aliphatic rings. The Labute approximate surface area is 197 Å². The summed E-state index contributed by atoms with van der Waals surface area (Å²) >= 11 is 6.51. The molecule has 1 atom stereocenters. The maximum absolute atomic E-state index is 12.5. The zero-order chi connectivity index (χ0) is 23.0. The maximum Gasteiger partial charge on any atom is 0.319 e. The molecule has 1 heterocycles. The van der Waals surface area contributed by atoms with Crippen LogP contribution in [-0.4, -0.2) is 30.0 Å². The van der Waals surface area contributed by atoms with E-state index in [4.69, 9.17) is 11.6 Å². The van der Waals surface area contributed by atoms with E-state index in [0.717, 1.165) is 22.0 Å². The molecule has 3 aromatic carbocycles. The minimum absolute atomic E-state index is 0.117. The normalized spacial score (nSPS) is 11.7. The third-order valence-corrected chi connectivity index (χ3v) is 5.79. The Kier molecular flexibility index (Phi) is 7.27. The van der Waals surface area contributed by atoms with Crippen LogP contribution in [0.2, 0.25) is 5.02 Å². The van der Waals surface area contributed by atoms with Crippen molar-refractivity contribution in [3.05, 3.63) is 101 Å². The van der Waals surface area contributed by atoms with Gasteiger partial charge in [-0.3, -0.25) is 4.79 Å². The molecule has 4 rings (SSSR count). The fraction of sp³-hybridized carbons (Fsp3) is 0.154. The molecule has 3 amide bonds. The first kappa shape index (κ1) is 22.4. The van der Waals surface area contributed by atoms with Crippen molar-refractivity contribution in [1.29, 1.82) is 0 Å². The van der Waals surface area contributed by atoms with Gasteiger partial charge in [-0.25, -0.2) is 4.79 Å². The fourth-order valence-corrected chi connectivity index (χ4v) is 4.09. The molecule has 0 spiro atoms. The van der Waals surface area contributed by atoms with Crippen molar-refractivity contribution < 1.29 is 9.59 Å². The highest BCUT2D eigenvalue weighted by Gasteiger charge is 2.21. The number of carbonyl (C=O) groups excluding carboxylic acids is 2. The molecular formula is C26H25ClN4O2. The molecule has 4 aromatic rings. The number of para-hydroxylation sites is 2. The number of aromatic amines is 1. The van der Waals surface area contributed by atoms with Crippen molar-refractivity contribution >= 4 is 40.1 Å². The number of carbonyl (C=O) groups is 2. The fourth-order valence-electron chi connectivity index (χ4n) is 3.82. The number of benzene rings is 3. The summed E-state index contributed by atoms with van der Waals surface area (Å²) in [6, 6.07) is 24.5. The number of nitrogens with one attached hydrogen (secondary N) is 4. The van der Waals surface area contributed by atoms with E-state index in [1.54, 1.807) is 12.1 Å². The van der Waals surface area contributed by atoms with Gasteiger partial charge in [0.25, 0.3) is 0 Å². The van der Waals surface area contributed by atoms with Crippen molar-refractivity contribution in [3.8, 4) is 0 Å². The van der Waals surface area contributed by atoms with Gasteiger partial charge >= 0.3 is 6.03 Å². The first-order valence-corrected chi connectivity index (χ1v) is 11.2. The lowest BCUT2D eigenvalue weighted by atomic mass is 9.90. The van der Waals surface area contributed by atoms with Crippen LogP contribution in [0.4, 0.5) is 10.5 Å². The SMILES string of the molecule is O=C(CCNC(=O)Nc1ccccc1)NC[C@@H](c1ccccc1Cl)c1c[nH]c2ccccc12. The minimum Gasteiger partial charge on any atom is -0.361 e. The molecule has 0 fully saturated rings. The summed E-state index contributed by atoms with van der Waals surface area (Å²) in [6.07, 6.45) is 2.14. The van der Waals surface area contributed by atoms with E-state index < -0.39 is 0 Å². The van der Waals surface area contributed by atoms with Crippen LogP contribution in [0.25, 0.3) is 10.9 Å². The summed E-state index contributed by atoms with van der Waals surface area (Å²) in [5, 5.41) is 10.2. The van der Waals surface area contributed by atoms with Crippen LogP contribution in [0.5, 0.6) is 0 Å². The Hall–Kier alpha value is -3.77. The molecule has 4 N–H and O–H groups in total. The van der Waals surface area contributed by atoms with Gasteiger partial charge in [0.2, 0.25) is 5.91 Å². The zero-order valence-corrected chi connectivity index (χ0v) is 18.7. The molecule has 7 heteroatoms. The van der Waals surface area contributed by atoms with Crippen molar-refractivity contribution in [2.75, 3.05) is 18.4 Å². The Morgan fingerprint density at radius 3 is 2.39 bits per heavy atom. The minimum atomic E-state index is -0.346. The molecule has 168 valence electrons. The van der Waals surface area contributed by atoms with Gasteiger partial charge in [0, 0.05) is 53.2 Å². The molecule has 0 radical (unpaired) electrons. The Morgan fingerprint density at radius 2 is 1.58 bits per heavy atom. The molecule has 0 aliphatic heterocycles. The lowest BCUT2D eigenvalue weighted by Crippen LogP contribution is -2.34. The second kappa shape index (κ2) is 10.7. The smallest absolute Gasteiger partial charge is 0.319 e. The number of halogens is 1. The van der Waals surface area contributed by atoms with Gasteiger partial charge < -0.3 is 20.9 Å². The molecule has 0 saturated carbocycles. The Balaban J connectivity index is 1.37. The molecule has 0 aliphatic carbocycles. The topological polar surface area (TPSA) is 86.0 Å². The second-order valence-electron chi connectivity index (χ2n) is 7.66. The number of hydrogen-bond acceptors (Lipinski definition) is 2. The van der Waals surface area contributed by atoms with Crippen LogP contribution >= 0.6 is 11.6 Å². The van der Waals surface area contributed by atoms with Gasteiger partial charge in [0.1, 0.15) is 0 Å². The largest absolute Gasteiger partial charge is 0.361 e. The van der Waals surface area contributed by atoms with Crippen LogP contribution < -0.4 is 16.0 Å². The van der Waals surface area contributed by atoms with E-state index in [0.29, 0.717) is 17.3 Å². The van der Waals surface area contributed by atoms with Gasteiger partial charge in [-0.15, -0.1) is 0 Å². The summed E-state index contributed by atoms with van der Waals surface area (Å²) in [4.78, 5) is 27.8. The average molecular weight is 461 g/mol. The van der Waals surface area contributed by atoms with E-state index in [1.807, 2.05) is 66.9 Å². The van der Waals surface area contributed by atoms with Crippen molar-refractivity contribution in [3.63, 3.8) is 0 Å². The average Bonchev–Trinajstić information content (AvgIpc) is 3.25. The summed E-state index contributed by atoms with van der Waals surface area (Å²) in [5.41, 5.74) is 3.74. The third kappa shape index (κ3) is 5.73. The monoisotopic (exact) mass is 460 g/mol. The molecule has 0 bridgehead atoms. The molecule has 33 heavy (non-hydrogen) atoms. The number of aromatic nitrogens is 1. The van der Waals surface area contributed by atoms with Crippen molar-refractivity contribution in [1.82, 2.24) is 15.6 Å². The standard InChI is InChI=1S/C26H25ClN4O2/c27-23-12-6-4-10-19(23)21(22-16-29-24-13-7-5-11-20(22)24)17-30-25(32)14-15-28-26(33)31-18-8-2-1-3-9-18/h1-13,16,21,29H,14-15,17H2,(H,30,32)(H2,28,31,33)/t21-/m0/s1. The molecular weight excluding hydrogens is 436 g/mol. The van der Waals surface area contributed by atoms with E-state index in [1.165, 1.54) is 0 Å². The molecule has 0 unspecified atom stereocenters. The number of hydrogen-bond donors (Lipinski definition) is 4. The highest BCUT2D eigenvalue weighted by atomic mass is 35.5. The third-order valence-electron chi connectivity index (χ3n) is 5.45. The van der Waals surface area contributed by atoms with Gasteiger partial charge in [-0.05, 0) is 35.4 Å². The number of fused-ring (bicyclic) bond motifs is 1. The Bertz CT molecular complexity index is 1240. The lowest BCUT2D eigenvalue weighted by molar-refractivity contribution is -0.120. The Morgan fingerprint density at radius 1 is 0.848 bits per heavy atom. The van der Waals surface area contributed by atoms with E-state index in [2.05, 4.69) is 27.0 Å². The van der Waals surface area contributed by atoms with E-state index >= 15 is 0 Å². The van der Waals surface area contributed by atoms with Crippen LogP contribution in [0.1, 0.15) is 23.5 Å². The van der Waals surface area contributed by atoms with Crippen molar-refractivity contribution in [2.24, 2.45) is 0 Å². The predicted molar refractivity (Wildman–Crippen MR) is 133 cm³/mol.